The highest BCUT2D eigenvalue weighted by molar-refractivity contribution is 5.81. The highest BCUT2D eigenvalue weighted by Crippen LogP contribution is 2.07. The molecule has 1 saturated heterocycles. The van der Waals surface area contributed by atoms with E-state index in [9.17, 15) is 14.4 Å². The lowest BCUT2D eigenvalue weighted by molar-refractivity contribution is -0.140. The van der Waals surface area contributed by atoms with E-state index in [-0.39, 0.29) is 6.42 Å². The molecule has 0 radical (unpaired) electrons. The number of allylic oxidation sites excluding steroid dienone is 1. The molecule has 6 heteroatoms. The second-order valence-electron chi connectivity index (χ2n) is 4.14. The summed E-state index contributed by atoms with van der Waals surface area (Å²) >= 11 is 0. The van der Waals surface area contributed by atoms with Crippen LogP contribution in [0, 0.1) is 5.92 Å². The summed E-state index contributed by atoms with van der Waals surface area (Å²) in [6.07, 6.45) is 3.40. The molecular weight excluding hydrogens is 236 g/mol. The minimum absolute atomic E-state index is 0.221. The normalized spacial score (nSPS) is 15.6. The summed E-state index contributed by atoms with van der Waals surface area (Å²) in [7, 11) is 1.84. The Balaban J connectivity index is 0.000000351. The summed E-state index contributed by atoms with van der Waals surface area (Å²) < 4.78 is 0. The van der Waals surface area contributed by atoms with Crippen LogP contribution in [0.5, 0.6) is 0 Å². The van der Waals surface area contributed by atoms with E-state index in [0.29, 0.717) is 12.3 Å². The van der Waals surface area contributed by atoms with E-state index < -0.39 is 17.8 Å². The van der Waals surface area contributed by atoms with Crippen LogP contribution in [0.15, 0.2) is 12.7 Å². The van der Waals surface area contributed by atoms with Gasteiger partial charge in [0.1, 0.15) is 0 Å². The van der Waals surface area contributed by atoms with Crippen LogP contribution < -0.4 is 5.73 Å². The van der Waals surface area contributed by atoms with Gasteiger partial charge in [-0.05, 0) is 12.8 Å². The molecule has 1 heterocycles. The predicted octanol–water partition coefficient (Wildman–Crippen LogP) is 0.377. The summed E-state index contributed by atoms with van der Waals surface area (Å²) in [5.41, 5.74) is 4.92. The first kappa shape index (κ1) is 16.1. The van der Waals surface area contributed by atoms with Crippen molar-refractivity contribution in [2.75, 3.05) is 13.6 Å². The molecular formula is C12H20N2O4. The number of hydrogen-bond acceptors (Lipinski definition) is 3. The molecule has 1 unspecified atom stereocenters. The van der Waals surface area contributed by atoms with Gasteiger partial charge in [-0.15, -0.1) is 6.58 Å². The minimum atomic E-state index is -1.02. The monoisotopic (exact) mass is 256 g/mol. The maximum atomic E-state index is 10.5. The summed E-state index contributed by atoms with van der Waals surface area (Å²) in [6, 6.07) is 0. The first-order valence-corrected chi connectivity index (χ1v) is 5.74. The average Bonchev–Trinajstić information content (AvgIpc) is 2.63. The molecule has 0 saturated carbocycles. The van der Waals surface area contributed by atoms with Crippen molar-refractivity contribution in [2.24, 2.45) is 11.7 Å². The van der Waals surface area contributed by atoms with E-state index in [1.54, 1.807) is 4.90 Å². The molecule has 1 rings (SSSR count). The van der Waals surface area contributed by atoms with Crippen LogP contribution >= 0.6 is 0 Å². The smallest absolute Gasteiger partial charge is 0.304 e. The second-order valence-corrected chi connectivity index (χ2v) is 4.14. The summed E-state index contributed by atoms with van der Waals surface area (Å²) in [5.74, 6) is -1.94. The van der Waals surface area contributed by atoms with Crippen LogP contribution in [-0.2, 0) is 14.4 Å². The first-order chi connectivity index (χ1) is 8.38. The first-order valence-electron chi connectivity index (χ1n) is 5.74. The van der Waals surface area contributed by atoms with Crippen LogP contribution in [0.1, 0.15) is 25.7 Å². The molecule has 1 aliphatic rings. The predicted molar refractivity (Wildman–Crippen MR) is 66.6 cm³/mol. The van der Waals surface area contributed by atoms with Crippen molar-refractivity contribution in [1.82, 2.24) is 4.90 Å². The number of carbonyl (C=O) groups is 3. The van der Waals surface area contributed by atoms with E-state index in [0.717, 1.165) is 19.4 Å². The fourth-order valence-corrected chi connectivity index (χ4v) is 1.50. The van der Waals surface area contributed by atoms with Crippen molar-refractivity contribution in [3.8, 4) is 0 Å². The van der Waals surface area contributed by atoms with Gasteiger partial charge in [0.25, 0.3) is 0 Å². The highest BCUT2D eigenvalue weighted by Gasteiger charge is 2.16. The van der Waals surface area contributed by atoms with Gasteiger partial charge in [0.05, 0.1) is 12.3 Å². The molecule has 0 aliphatic carbocycles. The molecule has 1 aliphatic heterocycles. The Morgan fingerprint density at radius 3 is 2.44 bits per heavy atom. The number of primary amides is 1. The Labute approximate surface area is 106 Å². The summed E-state index contributed by atoms with van der Waals surface area (Å²) in [5, 5.41) is 8.32. The van der Waals surface area contributed by atoms with Crippen LogP contribution in [0.4, 0.5) is 0 Å². The summed E-state index contributed by atoms with van der Waals surface area (Å²) in [6.45, 7) is 4.35. The third-order valence-corrected chi connectivity index (χ3v) is 2.58. The molecule has 3 N–H and O–H groups in total. The standard InChI is InChI=1S/C7H11NO3.C5H9NO/c1-2-3-5(7(8)11)4-6(9)10;1-6-4-2-3-5(6)7/h2,5H,1,3-4H2,(H2,8,11)(H,9,10);2-4H2,1H3. The topological polar surface area (TPSA) is 101 Å². The maximum Gasteiger partial charge on any atom is 0.304 e. The van der Waals surface area contributed by atoms with Gasteiger partial charge in [0, 0.05) is 20.0 Å². The second kappa shape index (κ2) is 8.27. The van der Waals surface area contributed by atoms with E-state index in [4.69, 9.17) is 10.8 Å². The van der Waals surface area contributed by atoms with Crippen LogP contribution in [0.3, 0.4) is 0 Å². The van der Waals surface area contributed by atoms with Crippen molar-refractivity contribution >= 4 is 17.8 Å². The summed E-state index contributed by atoms with van der Waals surface area (Å²) in [4.78, 5) is 32.9. The van der Waals surface area contributed by atoms with Gasteiger partial charge in [-0.3, -0.25) is 14.4 Å². The third kappa shape index (κ3) is 6.67. The Bertz CT molecular complexity index is 328. The Kier molecular flexibility index (Phi) is 7.42. The van der Waals surface area contributed by atoms with Gasteiger partial charge in [-0.25, -0.2) is 0 Å². The van der Waals surface area contributed by atoms with Crippen LogP contribution in [0.25, 0.3) is 0 Å². The molecule has 0 spiro atoms. The number of likely N-dealkylation sites (tertiary alicyclic amines) is 1. The molecule has 0 aromatic rings. The molecule has 6 nitrogen and oxygen atoms in total. The molecule has 102 valence electrons. The molecule has 0 aromatic carbocycles. The van der Waals surface area contributed by atoms with Gasteiger partial charge in [0.2, 0.25) is 11.8 Å². The van der Waals surface area contributed by atoms with Gasteiger partial charge in [-0.2, -0.15) is 0 Å². The quantitative estimate of drug-likeness (QED) is 0.694. The number of amides is 2. The van der Waals surface area contributed by atoms with Crippen molar-refractivity contribution in [2.45, 2.75) is 25.7 Å². The van der Waals surface area contributed by atoms with E-state index in [2.05, 4.69) is 6.58 Å². The fourth-order valence-electron chi connectivity index (χ4n) is 1.50. The number of nitrogens with zero attached hydrogens (tertiary/aromatic N) is 1. The number of carboxylic acid groups (broad SMARTS) is 1. The third-order valence-electron chi connectivity index (χ3n) is 2.58. The lowest BCUT2D eigenvalue weighted by atomic mass is 10.0. The molecule has 1 atom stereocenters. The zero-order valence-electron chi connectivity index (χ0n) is 10.6. The van der Waals surface area contributed by atoms with Crippen molar-refractivity contribution < 1.29 is 19.5 Å². The molecule has 2 amide bonds. The zero-order chi connectivity index (χ0) is 14.1. The minimum Gasteiger partial charge on any atom is -0.481 e. The van der Waals surface area contributed by atoms with Gasteiger partial charge < -0.3 is 15.7 Å². The Morgan fingerprint density at radius 2 is 2.22 bits per heavy atom. The largest absolute Gasteiger partial charge is 0.481 e. The molecule has 18 heavy (non-hydrogen) atoms. The van der Waals surface area contributed by atoms with Crippen molar-refractivity contribution in [3.63, 3.8) is 0 Å². The number of rotatable bonds is 5. The number of aliphatic carboxylic acids is 1. The van der Waals surface area contributed by atoms with Crippen molar-refractivity contribution in [3.05, 3.63) is 12.7 Å². The number of hydrogen-bond donors (Lipinski definition) is 2. The SMILES string of the molecule is C=CCC(CC(=O)O)C(N)=O.CN1CCCC1=O. The maximum absolute atomic E-state index is 10.5. The number of carboxylic acids is 1. The molecule has 0 aromatic heterocycles. The van der Waals surface area contributed by atoms with Crippen molar-refractivity contribution in [1.29, 1.82) is 0 Å². The van der Waals surface area contributed by atoms with E-state index in [1.165, 1.54) is 6.08 Å². The van der Waals surface area contributed by atoms with Gasteiger partial charge in [0.15, 0.2) is 0 Å². The van der Waals surface area contributed by atoms with E-state index in [1.807, 2.05) is 7.05 Å². The van der Waals surface area contributed by atoms with Crippen LogP contribution in [-0.4, -0.2) is 41.4 Å². The number of nitrogens with two attached hydrogens (primary N) is 1. The Hall–Kier alpha value is -1.85. The molecule has 1 fully saturated rings. The highest BCUT2D eigenvalue weighted by atomic mass is 16.4. The van der Waals surface area contributed by atoms with Crippen LogP contribution in [0.2, 0.25) is 0 Å². The molecule has 0 bridgehead atoms. The Morgan fingerprint density at radius 1 is 1.61 bits per heavy atom. The fraction of sp³-hybridized carbons (Fsp3) is 0.583. The van der Waals surface area contributed by atoms with E-state index >= 15 is 0 Å². The lowest BCUT2D eigenvalue weighted by Gasteiger charge is -2.05. The number of carbonyl (C=O) groups excluding carboxylic acids is 2. The zero-order valence-corrected chi connectivity index (χ0v) is 10.6. The van der Waals surface area contributed by atoms with Gasteiger partial charge in [-0.1, -0.05) is 6.08 Å². The average molecular weight is 256 g/mol. The van der Waals surface area contributed by atoms with Gasteiger partial charge >= 0.3 is 5.97 Å². The lowest BCUT2D eigenvalue weighted by Crippen LogP contribution is -2.25.